The summed E-state index contributed by atoms with van der Waals surface area (Å²) in [6, 6.07) is 0. The van der Waals surface area contributed by atoms with Crippen molar-refractivity contribution in [1.82, 2.24) is 5.32 Å². The molecule has 0 aromatic heterocycles. The molecule has 1 rings (SSSR count). The smallest absolute Gasteiger partial charge is 0.251 e. The molecule has 0 saturated carbocycles. The van der Waals surface area contributed by atoms with Gasteiger partial charge in [-0.05, 0) is 12.8 Å². The van der Waals surface area contributed by atoms with E-state index in [1.165, 1.54) is 0 Å². The predicted molar refractivity (Wildman–Crippen MR) is 70.2 cm³/mol. The van der Waals surface area contributed by atoms with Gasteiger partial charge in [0.1, 0.15) is 0 Å². The van der Waals surface area contributed by atoms with Crippen LogP contribution in [0.25, 0.3) is 0 Å². The van der Waals surface area contributed by atoms with Crippen LogP contribution >= 0.6 is 0 Å². The fourth-order valence-corrected chi connectivity index (χ4v) is 1.53. The Morgan fingerprint density at radius 1 is 1.22 bits per heavy atom. The van der Waals surface area contributed by atoms with Gasteiger partial charge in [0.2, 0.25) is 0 Å². The van der Waals surface area contributed by atoms with Crippen molar-refractivity contribution in [2.45, 2.75) is 12.8 Å². The zero-order valence-electron chi connectivity index (χ0n) is 10.7. The van der Waals surface area contributed by atoms with E-state index in [0.717, 1.165) is 18.4 Å². The average molecular weight is 254 g/mol. The fourth-order valence-electron chi connectivity index (χ4n) is 1.53. The van der Waals surface area contributed by atoms with E-state index in [9.17, 15) is 4.79 Å². The van der Waals surface area contributed by atoms with E-state index in [1.807, 2.05) is 18.2 Å². The van der Waals surface area contributed by atoms with Crippen LogP contribution < -0.4 is 11.1 Å². The molecule has 0 aliphatic heterocycles. The van der Waals surface area contributed by atoms with Crippen LogP contribution in [0.2, 0.25) is 0 Å². The number of nitrogens with two attached hydrogens (primary N) is 1. The molecule has 0 spiro atoms. The fraction of sp³-hybridized carbons (Fsp3) is 0.615. The van der Waals surface area contributed by atoms with Gasteiger partial charge >= 0.3 is 0 Å². The van der Waals surface area contributed by atoms with Crippen molar-refractivity contribution in [2.75, 3.05) is 39.5 Å². The van der Waals surface area contributed by atoms with Gasteiger partial charge in [0.05, 0.1) is 26.4 Å². The summed E-state index contributed by atoms with van der Waals surface area (Å²) in [6.45, 7) is 3.16. The molecule has 1 aliphatic carbocycles. The van der Waals surface area contributed by atoms with Crippen molar-refractivity contribution < 1.29 is 14.3 Å². The van der Waals surface area contributed by atoms with Gasteiger partial charge in [0.15, 0.2) is 0 Å². The van der Waals surface area contributed by atoms with Gasteiger partial charge in [-0.2, -0.15) is 0 Å². The monoisotopic (exact) mass is 254 g/mol. The quantitative estimate of drug-likeness (QED) is 0.583. The summed E-state index contributed by atoms with van der Waals surface area (Å²) in [7, 11) is 0. The molecular weight excluding hydrogens is 232 g/mol. The van der Waals surface area contributed by atoms with E-state index in [0.29, 0.717) is 39.5 Å². The van der Waals surface area contributed by atoms with Crippen LogP contribution in [0.15, 0.2) is 23.8 Å². The molecule has 5 nitrogen and oxygen atoms in total. The van der Waals surface area contributed by atoms with Crippen molar-refractivity contribution in [2.24, 2.45) is 5.73 Å². The lowest BCUT2D eigenvalue weighted by atomic mass is 10.1. The molecule has 1 aliphatic rings. The highest BCUT2D eigenvalue weighted by atomic mass is 16.5. The van der Waals surface area contributed by atoms with Gasteiger partial charge in [-0.3, -0.25) is 4.79 Å². The standard InChI is InChI=1S/C13H22N2O3/c14-6-8-17-10-11-18-9-7-15-13(16)12-4-2-1-3-5-12/h2,4-5H,1,3,6-11,14H2,(H,15,16). The number of carbonyl (C=O) groups is 1. The maximum atomic E-state index is 11.6. The third-order valence-electron chi connectivity index (χ3n) is 2.42. The molecule has 18 heavy (non-hydrogen) atoms. The van der Waals surface area contributed by atoms with Crippen molar-refractivity contribution in [3.05, 3.63) is 23.8 Å². The highest BCUT2D eigenvalue weighted by Crippen LogP contribution is 2.08. The van der Waals surface area contributed by atoms with E-state index in [-0.39, 0.29) is 5.91 Å². The molecular formula is C13H22N2O3. The third-order valence-corrected chi connectivity index (χ3v) is 2.42. The summed E-state index contributed by atoms with van der Waals surface area (Å²) < 4.78 is 10.4. The summed E-state index contributed by atoms with van der Waals surface area (Å²) in [5, 5.41) is 2.81. The molecule has 0 heterocycles. The minimum Gasteiger partial charge on any atom is -0.378 e. The first-order valence-electron chi connectivity index (χ1n) is 6.35. The molecule has 102 valence electrons. The van der Waals surface area contributed by atoms with Crippen molar-refractivity contribution >= 4 is 5.91 Å². The number of hydrogen-bond donors (Lipinski definition) is 2. The summed E-state index contributed by atoms with van der Waals surface area (Å²) in [6.07, 6.45) is 7.79. The number of nitrogens with one attached hydrogen (secondary N) is 1. The second-order valence-electron chi connectivity index (χ2n) is 3.91. The Hall–Kier alpha value is -1.17. The lowest BCUT2D eigenvalue weighted by Crippen LogP contribution is -2.28. The van der Waals surface area contributed by atoms with E-state index >= 15 is 0 Å². The summed E-state index contributed by atoms with van der Waals surface area (Å²) in [5.41, 5.74) is 6.01. The highest BCUT2D eigenvalue weighted by Gasteiger charge is 2.06. The minimum absolute atomic E-state index is 0.0334. The van der Waals surface area contributed by atoms with Crippen molar-refractivity contribution in [1.29, 1.82) is 0 Å². The summed E-state index contributed by atoms with van der Waals surface area (Å²) in [4.78, 5) is 11.6. The number of carbonyl (C=O) groups excluding carboxylic acids is 1. The molecule has 0 bridgehead atoms. The second kappa shape index (κ2) is 9.82. The zero-order valence-corrected chi connectivity index (χ0v) is 10.7. The van der Waals surface area contributed by atoms with Crippen molar-refractivity contribution in [3.8, 4) is 0 Å². The lowest BCUT2D eigenvalue weighted by molar-refractivity contribution is -0.117. The van der Waals surface area contributed by atoms with Crippen LogP contribution in [0.4, 0.5) is 0 Å². The van der Waals surface area contributed by atoms with Gasteiger partial charge < -0.3 is 20.5 Å². The number of ether oxygens (including phenoxy) is 2. The van der Waals surface area contributed by atoms with E-state index in [1.54, 1.807) is 0 Å². The molecule has 0 unspecified atom stereocenters. The molecule has 5 heteroatoms. The topological polar surface area (TPSA) is 73.6 Å². The molecule has 0 aromatic carbocycles. The van der Waals surface area contributed by atoms with Crippen LogP contribution in [0.1, 0.15) is 12.8 Å². The Kier molecular flexibility index (Phi) is 8.12. The van der Waals surface area contributed by atoms with Gasteiger partial charge in [-0.25, -0.2) is 0 Å². The first-order valence-corrected chi connectivity index (χ1v) is 6.35. The Morgan fingerprint density at radius 2 is 2.00 bits per heavy atom. The van der Waals surface area contributed by atoms with E-state index < -0.39 is 0 Å². The molecule has 0 saturated heterocycles. The van der Waals surface area contributed by atoms with Crippen LogP contribution in [0, 0.1) is 0 Å². The maximum Gasteiger partial charge on any atom is 0.251 e. The SMILES string of the molecule is NCCOCCOCCNC(=O)C1=CCCC=C1. The number of rotatable bonds is 9. The van der Waals surface area contributed by atoms with E-state index in [4.69, 9.17) is 15.2 Å². The Bertz CT molecular complexity index is 301. The van der Waals surface area contributed by atoms with Gasteiger partial charge in [0.25, 0.3) is 5.91 Å². The van der Waals surface area contributed by atoms with Crippen LogP contribution in [0.3, 0.4) is 0 Å². The van der Waals surface area contributed by atoms with Crippen LogP contribution in [-0.2, 0) is 14.3 Å². The molecule has 1 amide bonds. The molecule has 0 radical (unpaired) electrons. The first-order chi connectivity index (χ1) is 8.84. The number of allylic oxidation sites excluding steroid dienone is 2. The molecule has 3 N–H and O–H groups in total. The number of amides is 1. The van der Waals surface area contributed by atoms with Gasteiger partial charge in [-0.15, -0.1) is 0 Å². The molecule has 0 aromatic rings. The third kappa shape index (κ3) is 6.54. The minimum atomic E-state index is -0.0334. The predicted octanol–water partition coefficient (Wildman–Crippen LogP) is 0.371. The van der Waals surface area contributed by atoms with Crippen LogP contribution in [0.5, 0.6) is 0 Å². The zero-order chi connectivity index (χ0) is 13.1. The van der Waals surface area contributed by atoms with Crippen LogP contribution in [-0.4, -0.2) is 45.4 Å². The summed E-state index contributed by atoms with van der Waals surface area (Å²) in [5.74, 6) is -0.0334. The largest absolute Gasteiger partial charge is 0.378 e. The van der Waals surface area contributed by atoms with E-state index in [2.05, 4.69) is 5.32 Å². The lowest BCUT2D eigenvalue weighted by Gasteiger charge is -2.09. The molecule has 0 atom stereocenters. The second-order valence-corrected chi connectivity index (χ2v) is 3.91. The maximum absolute atomic E-state index is 11.6. The van der Waals surface area contributed by atoms with Gasteiger partial charge in [-0.1, -0.05) is 18.2 Å². The number of hydrogen-bond acceptors (Lipinski definition) is 4. The Balaban J connectivity index is 1.96. The first kappa shape index (κ1) is 14.9. The average Bonchev–Trinajstić information content (AvgIpc) is 2.42. The van der Waals surface area contributed by atoms with Gasteiger partial charge in [0, 0.05) is 18.7 Å². The summed E-state index contributed by atoms with van der Waals surface area (Å²) >= 11 is 0. The molecule has 0 fully saturated rings. The van der Waals surface area contributed by atoms with Crippen molar-refractivity contribution in [3.63, 3.8) is 0 Å². The normalized spacial score (nSPS) is 14.4. The Morgan fingerprint density at radius 3 is 2.67 bits per heavy atom. The Labute approximate surface area is 108 Å². The highest BCUT2D eigenvalue weighted by molar-refractivity contribution is 5.96.